The fraction of sp³-hybridized carbons (Fsp3) is 0.333. The molecule has 3 aromatic carbocycles. The maximum atomic E-state index is 2.37. The first kappa shape index (κ1) is 35.9. The Morgan fingerprint density at radius 3 is 1.15 bits per heavy atom. The minimum absolute atomic E-state index is 0. The van der Waals surface area contributed by atoms with Crippen molar-refractivity contribution in [1.82, 2.24) is 0 Å². The minimum Gasteiger partial charge on any atom is -0.192 e. The van der Waals surface area contributed by atoms with Crippen molar-refractivity contribution >= 4 is 0 Å². The number of hydrogen-bond acceptors (Lipinski definition) is 0. The van der Waals surface area contributed by atoms with Gasteiger partial charge in [-0.05, 0) is 36.8 Å². The van der Waals surface area contributed by atoms with Gasteiger partial charge >= 0.3 is 75.4 Å². The van der Waals surface area contributed by atoms with Crippen LogP contribution in [0.5, 0.6) is 0 Å². The van der Waals surface area contributed by atoms with E-state index in [1.54, 1.807) is 0 Å². The van der Waals surface area contributed by atoms with Crippen LogP contribution in [-0.4, -0.2) is 0 Å². The van der Waals surface area contributed by atoms with E-state index in [2.05, 4.69) is 112 Å². The van der Waals surface area contributed by atoms with Gasteiger partial charge in [0.25, 0.3) is 0 Å². The summed E-state index contributed by atoms with van der Waals surface area (Å²) in [5.41, 5.74) is 5.61. The second kappa shape index (κ2) is 20.9. The van der Waals surface area contributed by atoms with Crippen molar-refractivity contribution in [3.05, 3.63) is 120 Å². The van der Waals surface area contributed by atoms with Gasteiger partial charge in [-0.15, -0.1) is 24.3 Å². The zero-order chi connectivity index (χ0) is 21.0. The van der Waals surface area contributed by atoms with Gasteiger partial charge in [-0.1, -0.05) is 74.9 Å². The van der Waals surface area contributed by atoms with Crippen molar-refractivity contribution in [3.63, 3.8) is 0 Å². The Morgan fingerprint density at radius 1 is 0.500 bits per heavy atom. The molecule has 0 aromatic heterocycles. The fourth-order valence-corrected chi connectivity index (χ4v) is 3.79. The predicted molar refractivity (Wildman–Crippen MR) is 130 cm³/mol. The molecule has 2 unspecified atom stereocenters. The predicted octanol–water partition coefficient (Wildman–Crippen LogP) is -3.87. The third-order valence-corrected chi connectivity index (χ3v) is 5.99. The van der Waals surface area contributed by atoms with Gasteiger partial charge in [0, 0.05) is 0 Å². The summed E-state index contributed by atoms with van der Waals surface area (Å²) in [4.78, 5) is 0. The van der Waals surface area contributed by atoms with E-state index in [-0.39, 0.29) is 75.4 Å². The maximum Gasteiger partial charge on any atom is 1.00 e. The van der Waals surface area contributed by atoms with E-state index in [0.29, 0.717) is 11.8 Å². The molecule has 0 aliphatic rings. The topological polar surface area (TPSA) is 0 Å². The third kappa shape index (κ3) is 14.4. The Balaban J connectivity index is 0. The van der Waals surface area contributed by atoms with Crippen LogP contribution in [0.2, 0.25) is 0 Å². The van der Waals surface area contributed by atoms with Crippen LogP contribution < -0.4 is 75.4 Å². The Labute approximate surface area is 257 Å². The summed E-state index contributed by atoms with van der Waals surface area (Å²) < 4.78 is 0. The molecule has 3 aromatic rings. The molecule has 0 nitrogen and oxygen atoms in total. The number of benzene rings is 3. The molecule has 34 heavy (non-hydrogen) atoms. The monoisotopic (exact) mass is 424 g/mol. The maximum absolute atomic E-state index is 2.37. The summed E-state index contributed by atoms with van der Waals surface area (Å²) in [5.74, 6) is 1.43. The van der Waals surface area contributed by atoms with E-state index < -0.39 is 0 Å². The van der Waals surface area contributed by atoms with Gasteiger partial charge in [-0.2, -0.15) is 48.2 Å². The summed E-state index contributed by atoms with van der Waals surface area (Å²) in [6.07, 6.45) is 11.9. The van der Waals surface area contributed by atoms with Crippen molar-refractivity contribution in [2.45, 2.75) is 52.4 Å². The first-order chi connectivity index (χ1) is 14.7. The molecule has 3 rings (SSSR count). The van der Waals surface area contributed by atoms with E-state index in [4.69, 9.17) is 0 Å². The van der Waals surface area contributed by atoms with Crippen LogP contribution in [-0.2, 0) is 12.8 Å². The van der Waals surface area contributed by atoms with Crippen molar-refractivity contribution in [2.24, 2.45) is 11.8 Å². The van der Waals surface area contributed by atoms with Crippen molar-refractivity contribution in [2.75, 3.05) is 0 Å². The van der Waals surface area contributed by atoms with Gasteiger partial charge < -0.3 is 0 Å². The van der Waals surface area contributed by atoms with Crippen molar-refractivity contribution in [3.8, 4) is 0 Å². The number of rotatable bonds is 12. The van der Waals surface area contributed by atoms with Gasteiger partial charge in [-0.3, -0.25) is 0 Å². The molecule has 4 heteroatoms. The molecule has 0 N–H and O–H groups in total. The zero-order valence-corrected chi connectivity index (χ0v) is 22.6. The Morgan fingerprint density at radius 2 is 0.824 bits per heavy atom. The molecule has 0 amide bonds. The van der Waals surface area contributed by atoms with E-state index >= 15 is 0 Å². The second-order valence-corrected chi connectivity index (χ2v) is 8.81. The summed E-state index contributed by atoms with van der Waals surface area (Å²) in [6.45, 7) is 4.73. The summed E-state index contributed by atoms with van der Waals surface area (Å²) in [6, 6.07) is 30.7. The van der Waals surface area contributed by atoms with Gasteiger partial charge in [0.05, 0.1) is 0 Å². The van der Waals surface area contributed by atoms with Crippen LogP contribution in [0.3, 0.4) is 0 Å². The summed E-state index contributed by atoms with van der Waals surface area (Å²) in [5, 5.41) is 0. The van der Waals surface area contributed by atoms with E-state index in [0.717, 1.165) is 12.8 Å². The molecule has 0 heterocycles. The molecule has 0 fully saturated rings. The van der Waals surface area contributed by atoms with Crippen LogP contribution in [0.4, 0.5) is 0 Å². The van der Waals surface area contributed by atoms with Crippen molar-refractivity contribution < 1.29 is 75.4 Å². The quantitative estimate of drug-likeness (QED) is 0.206. The second-order valence-electron chi connectivity index (χ2n) is 8.81. The van der Waals surface area contributed by atoms with Crippen LogP contribution in [0.1, 0.15) is 61.8 Å². The molecule has 0 aliphatic carbocycles. The van der Waals surface area contributed by atoms with Gasteiger partial charge in [0.1, 0.15) is 0 Å². The van der Waals surface area contributed by atoms with Crippen LogP contribution >= 0.6 is 0 Å². The van der Waals surface area contributed by atoms with Crippen LogP contribution in [0.15, 0.2) is 84.9 Å². The Bertz CT molecular complexity index is 762. The van der Waals surface area contributed by atoms with Gasteiger partial charge in [-0.25, -0.2) is 0 Å². The van der Waals surface area contributed by atoms with Gasteiger partial charge in [0.15, 0.2) is 0 Å². The molecule has 0 spiro atoms. The number of aryl methyl sites for hydroxylation is 2. The van der Waals surface area contributed by atoms with Crippen LogP contribution in [0.25, 0.3) is 0 Å². The van der Waals surface area contributed by atoms with Gasteiger partial charge in [0.2, 0.25) is 0 Å². The Kier molecular flexibility index (Phi) is 22.1. The molecule has 0 saturated heterocycles. The SMILES string of the molecule is CC(C[CH-]c1ccccc1)CCc1ccc(CCC(C)C[CH-]c2ccccc2)cc1.[Li+].[Li+].[Li+].[Li+]. The summed E-state index contributed by atoms with van der Waals surface area (Å²) in [7, 11) is 0. The fourth-order valence-electron chi connectivity index (χ4n) is 3.79. The third-order valence-electron chi connectivity index (χ3n) is 5.99. The normalized spacial score (nSPS) is 11.4. The molecular weight excluding hydrogens is 388 g/mol. The zero-order valence-electron chi connectivity index (χ0n) is 22.6. The summed E-state index contributed by atoms with van der Waals surface area (Å²) >= 11 is 0. The average Bonchev–Trinajstić information content (AvgIpc) is 2.80. The first-order valence-electron chi connectivity index (χ1n) is 11.5. The molecule has 0 radical (unpaired) electrons. The number of hydrogen-bond donors (Lipinski definition) is 0. The molecule has 0 saturated carbocycles. The van der Waals surface area contributed by atoms with E-state index in [9.17, 15) is 0 Å². The van der Waals surface area contributed by atoms with Crippen LogP contribution in [0, 0.1) is 24.7 Å². The Hall–Kier alpha value is -0.210. The average molecular weight is 424 g/mol. The minimum atomic E-state index is 0. The molecule has 158 valence electrons. The standard InChI is InChI=1S/C30H36.4Li/c1-25(13-17-27-9-5-3-6-10-27)15-19-29-21-23-30(24-22-29)20-16-26(2)14-18-28-11-7-4-8-12-28;;;;/h3-12,17-18,21-26H,13-16,19-20H2,1-2H3;;;;/q-2;4*+1. The smallest absolute Gasteiger partial charge is 0.192 e. The molecule has 0 aliphatic heterocycles. The molecular formula is C30H36Li4+2. The molecule has 2 atom stereocenters. The van der Waals surface area contributed by atoms with E-state index in [1.807, 2.05) is 0 Å². The van der Waals surface area contributed by atoms with Crippen molar-refractivity contribution in [1.29, 1.82) is 0 Å². The first-order valence-corrected chi connectivity index (χ1v) is 11.5. The van der Waals surface area contributed by atoms with E-state index in [1.165, 1.54) is 47.9 Å². The largest absolute Gasteiger partial charge is 1.00 e. The molecule has 0 bridgehead atoms.